The highest BCUT2D eigenvalue weighted by molar-refractivity contribution is 6.35. The number of rotatable bonds is 6. The molecule has 3 aliphatic rings. The number of nitrogens with zero attached hydrogens (tertiary/aromatic N) is 6. The quantitative estimate of drug-likeness (QED) is 0.280. The van der Waals surface area contributed by atoms with Crippen LogP contribution in [0.15, 0.2) is 37.1 Å². The second-order valence-electron chi connectivity index (χ2n) is 12.0. The number of amides is 1. The molecule has 0 unspecified atom stereocenters. The summed E-state index contributed by atoms with van der Waals surface area (Å²) in [7, 11) is 0. The van der Waals surface area contributed by atoms with Gasteiger partial charge in [-0.05, 0) is 56.4 Å². The Kier molecular flexibility index (Phi) is 7.43. The number of benzene rings is 2. The molecule has 2 aromatic carbocycles. The summed E-state index contributed by atoms with van der Waals surface area (Å²) >= 11 is 6.90. The minimum Gasteiger partial charge on any atom is -0.352 e. The number of aromatic nitrogens is 4. The summed E-state index contributed by atoms with van der Waals surface area (Å²) in [5.74, 6) is 0.465. The molecule has 2 aromatic heterocycles. The summed E-state index contributed by atoms with van der Waals surface area (Å²) < 4.78 is 16.8. The maximum Gasteiger partial charge on any atom is 0.246 e. The van der Waals surface area contributed by atoms with E-state index in [0.29, 0.717) is 54.5 Å². The number of halogens is 2. The lowest BCUT2D eigenvalue weighted by molar-refractivity contribution is -0.126. The molecule has 1 aliphatic carbocycles. The maximum atomic E-state index is 16.8. The van der Waals surface area contributed by atoms with Crippen molar-refractivity contribution in [2.24, 2.45) is 0 Å². The van der Waals surface area contributed by atoms with E-state index in [2.05, 4.69) is 31.9 Å². The Balaban J connectivity index is 1.29. The molecule has 4 heterocycles. The summed E-state index contributed by atoms with van der Waals surface area (Å²) in [4.78, 5) is 28.4. The van der Waals surface area contributed by atoms with Gasteiger partial charge in [-0.15, -0.1) is 0 Å². The first-order valence-electron chi connectivity index (χ1n) is 15.2. The zero-order valence-electron chi connectivity index (χ0n) is 24.4. The SMILES string of the molecule is C=CC(=O)N1CCN(c2nc(NC3CCN(C4CCC4)CC3)nc3c(F)c(-c4c(C)ccc5[nH]ncc45)c(Cl)cc23)CC1. The number of piperazine rings is 1. The highest BCUT2D eigenvalue weighted by Gasteiger charge is 2.30. The molecule has 224 valence electrons. The van der Waals surface area contributed by atoms with Crippen LogP contribution >= 0.6 is 11.6 Å². The first-order valence-corrected chi connectivity index (χ1v) is 15.6. The molecule has 4 aromatic rings. The normalized spacial score (nSPS) is 18.8. The fourth-order valence-electron chi connectivity index (χ4n) is 6.78. The van der Waals surface area contributed by atoms with Gasteiger partial charge in [-0.2, -0.15) is 10.1 Å². The number of piperidine rings is 1. The van der Waals surface area contributed by atoms with Crippen molar-refractivity contribution in [1.29, 1.82) is 0 Å². The maximum absolute atomic E-state index is 16.8. The van der Waals surface area contributed by atoms with Crippen molar-refractivity contribution in [3.05, 3.63) is 53.5 Å². The van der Waals surface area contributed by atoms with Gasteiger partial charge in [0.1, 0.15) is 11.3 Å². The fourth-order valence-corrected chi connectivity index (χ4v) is 7.07. The first kappa shape index (κ1) is 28.0. The highest BCUT2D eigenvalue weighted by Crippen LogP contribution is 2.42. The van der Waals surface area contributed by atoms with Gasteiger partial charge in [0.15, 0.2) is 5.82 Å². The molecule has 2 aliphatic heterocycles. The molecule has 1 saturated carbocycles. The predicted molar refractivity (Wildman–Crippen MR) is 169 cm³/mol. The standard InChI is InChI=1S/C32H36ClFN8O/c1-3-26(43)41-13-15-42(16-14-41)31-22-17-24(33)28(27-19(2)7-8-25-23(27)18-35-39-25)29(34)30(22)37-32(38-31)36-20-9-11-40(12-10-20)21-5-4-6-21/h3,7-8,17-18,20-21H,1,4-6,9-16H2,2H3,(H,35,39)(H,36,37,38). The van der Waals surface area contributed by atoms with E-state index in [0.717, 1.165) is 48.4 Å². The summed E-state index contributed by atoms with van der Waals surface area (Å²) in [5, 5.41) is 12.4. The van der Waals surface area contributed by atoms with Gasteiger partial charge in [-0.25, -0.2) is 9.37 Å². The molecule has 0 atom stereocenters. The largest absolute Gasteiger partial charge is 0.352 e. The number of hydrogen-bond acceptors (Lipinski definition) is 7. The van der Waals surface area contributed by atoms with Crippen LogP contribution < -0.4 is 10.2 Å². The molecule has 11 heteroatoms. The lowest BCUT2D eigenvalue weighted by Gasteiger charge is -2.42. The van der Waals surface area contributed by atoms with E-state index in [4.69, 9.17) is 21.6 Å². The van der Waals surface area contributed by atoms with E-state index in [1.165, 1.54) is 25.3 Å². The van der Waals surface area contributed by atoms with Crippen molar-refractivity contribution in [3.8, 4) is 11.1 Å². The molecule has 7 rings (SSSR count). The number of likely N-dealkylation sites (tertiary alicyclic amines) is 1. The van der Waals surface area contributed by atoms with E-state index in [-0.39, 0.29) is 22.5 Å². The third-order valence-electron chi connectivity index (χ3n) is 9.46. The predicted octanol–water partition coefficient (Wildman–Crippen LogP) is 5.54. The van der Waals surface area contributed by atoms with E-state index in [1.54, 1.807) is 17.2 Å². The molecule has 1 amide bonds. The third kappa shape index (κ3) is 5.10. The Morgan fingerprint density at radius 3 is 2.53 bits per heavy atom. The monoisotopic (exact) mass is 602 g/mol. The third-order valence-corrected chi connectivity index (χ3v) is 9.76. The van der Waals surface area contributed by atoms with Crippen molar-refractivity contribution in [1.82, 2.24) is 30.0 Å². The number of anilines is 2. The van der Waals surface area contributed by atoms with E-state index in [1.807, 2.05) is 19.1 Å². The van der Waals surface area contributed by atoms with Crippen LogP contribution in [0.25, 0.3) is 32.9 Å². The second kappa shape index (κ2) is 11.4. The number of aromatic amines is 1. The summed E-state index contributed by atoms with van der Waals surface area (Å²) in [5.41, 5.74) is 2.93. The minimum absolute atomic E-state index is 0.0923. The van der Waals surface area contributed by atoms with Crippen LogP contribution in [0.3, 0.4) is 0 Å². The lowest BCUT2D eigenvalue weighted by atomic mass is 9.89. The average molecular weight is 603 g/mol. The van der Waals surface area contributed by atoms with Crippen molar-refractivity contribution in [2.45, 2.75) is 51.1 Å². The molecular formula is C32H36ClFN8O. The molecule has 2 N–H and O–H groups in total. The van der Waals surface area contributed by atoms with Crippen LogP contribution in [-0.2, 0) is 4.79 Å². The number of fused-ring (bicyclic) bond motifs is 2. The highest BCUT2D eigenvalue weighted by atomic mass is 35.5. The van der Waals surface area contributed by atoms with Gasteiger partial charge in [-0.1, -0.05) is 30.7 Å². The van der Waals surface area contributed by atoms with Gasteiger partial charge in [0.25, 0.3) is 0 Å². The van der Waals surface area contributed by atoms with E-state index in [9.17, 15) is 4.79 Å². The minimum atomic E-state index is -0.480. The second-order valence-corrected chi connectivity index (χ2v) is 12.4. The number of nitrogens with one attached hydrogen (secondary N) is 2. The lowest BCUT2D eigenvalue weighted by Crippen LogP contribution is -2.48. The summed E-state index contributed by atoms with van der Waals surface area (Å²) in [6.07, 6.45) is 8.97. The molecule has 9 nitrogen and oxygen atoms in total. The number of H-pyrrole nitrogens is 1. The average Bonchev–Trinajstić information content (AvgIpc) is 3.47. The van der Waals surface area contributed by atoms with Gasteiger partial charge in [0.2, 0.25) is 11.9 Å². The van der Waals surface area contributed by atoms with Gasteiger partial charge < -0.3 is 20.0 Å². The van der Waals surface area contributed by atoms with Crippen molar-refractivity contribution in [2.75, 3.05) is 49.5 Å². The number of carbonyl (C=O) groups excluding carboxylic acids is 1. The van der Waals surface area contributed by atoms with Crippen molar-refractivity contribution in [3.63, 3.8) is 0 Å². The molecule has 3 fully saturated rings. The van der Waals surface area contributed by atoms with Crippen LogP contribution in [0.5, 0.6) is 0 Å². The van der Waals surface area contributed by atoms with Crippen LogP contribution in [-0.4, -0.2) is 87.2 Å². The topological polar surface area (TPSA) is 93.3 Å². The Hall–Kier alpha value is -3.76. The van der Waals surface area contributed by atoms with Crippen molar-refractivity contribution < 1.29 is 9.18 Å². The zero-order valence-corrected chi connectivity index (χ0v) is 25.1. The van der Waals surface area contributed by atoms with Crippen LogP contribution in [0.4, 0.5) is 16.2 Å². The Morgan fingerprint density at radius 1 is 1.07 bits per heavy atom. The first-order chi connectivity index (χ1) is 20.9. The van der Waals surface area contributed by atoms with Gasteiger partial charge >= 0.3 is 0 Å². The molecular weight excluding hydrogens is 567 g/mol. The van der Waals surface area contributed by atoms with Gasteiger partial charge in [0, 0.05) is 73.3 Å². The molecule has 0 bridgehead atoms. The molecule has 2 saturated heterocycles. The van der Waals surface area contributed by atoms with Gasteiger partial charge in [0.05, 0.1) is 16.7 Å². The van der Waals surface area contributed by atoms with Crippen LogP contribution in [0.2, 0.25) is 5.02 Å². The number of hydrogen-bond donors (Lipinski definition) is 2. The fraction of sp³-hybridized carbons (Fsp3) is 0.438. The van der Waals surface area contributed by atoms with Crippen LogP contribution in [0, 0.1) is 12.7 Å². The van der Waals surface area contributed by atoms with E-state index >= 15 is 4.39 Å². The molecule has 43 heavy (non-hydrogen) atoms. The van der Waals surface area contributed by atoms with Crippen LogP contribution in [0.1, 0.15) is 37.7 Å². The number of aryl methyl sites for hydroxylation is 1. The molecule has 0 spiro atoms. The Bertz CT molecular complexity index is 1700. The van der Waals surface area contributed by atoms with Gasteiger partial charge in [-0.3, -0.25) is 9.89 Å². The molecule has 0 radical (unpaired) electrons. The van der Waals surface area contributed by atoms with Crippen molar-refractivity contribution >= 4 is 51.1 Å². The summed E-state index contributed by atoms with van der Waals surface area (Å²) in [6, 6.07) is 6.60. The number of carbonyl (C=O) groups is 1. The Morgan fingerprint density at radius 2 is 1.84 bits per heavy atom. The zero-order chi connectivity index (χ0) is 29.7. The Labute approximate surface area is 255 Å². The van der Waals surface area contributed by atoms with E-state index < -0.39 is 5.82 Å². The smallest absolute Gasteiger partial charge is 0.246 e. The summed E-state index contributed by atoms with van der Waals surface area (Å²) in [6.45, 7) is 9.81.